The summed E-state index contributed by atoms with van der Waals surface area (Å²) >= 11 is 1.39. The summed E-state index contributed by atoms with van der Waals surface area (Å²) in [6, 6.07) is 3.14. The highest BCUT2D eigenvalue weighted by Crippen LogP contribution is 2.12. The summed E-state index contributed by atoms with van der Waals surface area (Å²) in [4.78, 5) is 16.3. The van der Waals surface area contributed by atoms with E-state index < -0.39 is 11.6 Å². The molecule has 1 heterocycles. The summed E-state index contributed by atoms with van der Waals surface area (Å²) in [6.45, 7) is 0. The Kier molecular flexibility index (Phi) is 3.58. The number of hydrogen-bond donors (Lipinski definition) is 0. The van der Waals surface area contributed by atoms with Crippen LogP contribution >= 0.6 is 11.3 Å². The van der Waals surface area contributed by atoms with Crippen molar-refractivity contribution in [2.45, 2.75) is 12.8 Å². The monoisotopic (exact) mass is 253 g/mol. The van der Waals surface area contributed by atoms with Gasteiger partial charge in [-0.05, 0) is 17.7 Å². The molecule has 1 aromatic carbocycles. The van der Waals surface area contributed by atoms with Crippen LogP contribution in [0.4, 0.5) is 8.78 Å². The molecule has 17 heavy (non-hydrogen) atoms. The van der Waals surface area contributed by atoms with Crippen molar-refractivity contribution in [3.63, 3.8) is 0 Å². The van der Waals surface area contributed by atoms with Crippen molar-refractivity contribution in [2.75, 3.05) is 0 Å². The molecule has 0 aliphatic rings. The third-order valence-electron chi connectivity index (χ3n) is 2.18. The number of carbonyl (C=O) groups excluding carboxylic acids is 1. The molecule has 5 heteroatoms. The zero-order valence-corrected chi connectivity index (χ0v) is 9.64. The molecular formula is C12H9F2NOS. The number of Topliss-reactive ketones (excluding diaryl/α,β-unsaturated/α-hetero) is 1. The second-order valence-corrected chi connectivity index (χ2v) is 4.61. The van der Waals surface area contributed by atoms with E-state index in [1.807, 2.05) is 0 Å². The van der Waals surface area contributed by atoms with Gasteiger partial charge < -0.3 is 0 Å². The minimum Gasteiger partial charge on any atom is -0.299 e. The zero-order valence-electron chi connectivity index (χ0n) is 8.82. The molecule has 0 unspecified atom stereocenters. The third kappa shape index (κ3) is 3.42. The molecule has 0 spiro atoms. The number of nitrogens with zero attached hydrogens (tertiary/aromatic N) is 1. The van der Waals surface area contributed by atoms with Crippen molar-refractivity contribution in [3.05, 3.63) is 52.0 Å². The van der Waals surface area contributed by atoms with Crippen molar-refractivity contribution in [3.8, 4) is 0 Å². The number of ketones is 1. The fourth-order valence-electron chi connectivity index (χ4n) is 1.53. The van der Waals surface area contributed by atoms with Crippen LogP contribution in [-0.4, -0.2) is 10.8 Å². The summed E-state index contributed by atoms with van der Waals surface area (Å²) in [6.07, 6.45) is 1.91. The quantitative estimate of drug-likeness (QED) is 0.838. The lowest BCUT2D eigenvalue weighted by Gasteiger charge is -2.01. The molecule has 0 saturated carbocycles. The zero-order chi connectivity index (χ0) is 12.3. The number of halogens is 2. The third-order valence-corrected chi connectivity index (χ3v) is 2.96. The molecule has 2 rings (SSSR count). The maximum atomic E-state index is 12.9. The smallest absolute Gasteiger partial charge is 0.142 e. The summed E-state index contributed by atoms with van der Waals surface area (Å²) in [5.74, 6) is -1.41. The second kappa shape index (κ2) is 5.14. The van der Waals surface area contributed by atoms with Gasteiger partial charge in [0.15, 0.2) is 0 Å². The highest BCUT2D eigenvalue weighted by atomic mass is 32.1. The average Bonchev–Trinajstić information content (AvgIpc) is 2.67. The maximum absolute atomic E-state index is 12.9. The van der Waals surface area contributed by atoms with Gasteiger partial charge in [-0.3, -0.25) is 9.78 Å². The van der Waals surface area contributed by atoms with Crippen LogP contribution in [0.2, 0.25) is 0 Å². The average molecular weight is 253 g/mol. The number of rotatable bonds is 4. The standard InChI is InChI=1S/C12H9F2NOS/c13-9-1-8(2-10(14)4-9)3-11(16)5-12-6-15-7-17-12/h1-2,4,6-7H,3,5H2. The van der Waals surface area contributed by atoms with Crippen LogP contribution in [0.3, 0.4) is 0 Å². The van der Waals surface area contributed by atoms with Gasteiger partial charge >= 0.3 is 0 Å². The second-order valence-electron chi connectivity index (χ2n) is 3.64. The molecule has 0 amide bonds. The van der Waals surface area contributed by atoms with E-state index in [4.69, 9.17) is 0 Å². The van der Waals surface area contributed by atoms with Gasteiger partial charge in [-0.1, -0.05) is 0 Å². The van der Waals surface area contributed by atoms with Gasteiger partial charge in [0.2, 0.25) is 0 Å². The Hall–Kier alpha value is -1.62. The summed E-state index contributed by atoms with van der Waals surface area (Å²) in [5.41, 5.74) is 2.00. The van der Waals surface area contributed by atoms with E-state index >= 15 is 0 Å². The van der Waals surface area contributed by atoms with E-state index in [0.717, 1.165) is 10.9 Å². The summed E-state index contributed by atoms with van der Waals surface area (Å²) in [5, 5.41) is 0. The number of thiazole rings is 1. The van der Waals surface area contributed by atoms with Crippen molar-refractivity contribution >= 4 is 17.1 Å². The fourth-order valence-corrected chi connectivity index (χ4v) is 2.15. The van der Waals surface area contributed by atoms with Gasteiger partial charge in [-0.2, -0.15) is 0 Å². The van der Waals surface area contributed by atoms with Crippen LogP contribution in [-0.2, 0) is 17.6 Å². The van der Waals surface area contributed by atoms with Gasteiger partial charge in [0.05, 0.1) is 5.51 Å². The molecule has 0 bridgehead atoms. The number of carbonyl (C=O) groups is 1. The van der Waals surface area contributed by atoms with E-state index in [1.54, 1.807) is 11.7 Å². The van der Waals surface area contributed by atoms with Crippen LogP contribution in [0.15, 0.2) is 29.9 Å². The molecule has 0 aliphatic carbocycles. The Balaban J connectivity index is 2.03. The SMILES string of the molecule is O=C(Cc1cc(F)cc(F)c1)Cc1cncs1. The molecule has 0 N–H and O–H groups in total. The first-order chi connectivity index (χ1) is 8.13. The first-order valence-corrected chi connectivity index (χ1v) is 5.85. The Morgan fingerprint density at radius 3 is 2.47 bits per heavy atom. The lowest BCUT2D eigenvalue weighted by Crippen LogP contribution is -2.06. The van der Waals surface area contributed by atoms with Crippen molar-refractivity contribution in [2.24, 2.45) is 0 Å². The fraction of sp³-hybridized carbons (Fsp3) is 0.167. The largest absolute Gasteiger partial charge is 0.299 e. The highest BCUT2D eigenvalue weighted by molar-refractivity contribution is 7.09. The topological polar surface area (TPSA) is 30.0 Å². The van der Waals surface area contributed by atoms with Crippen LogP contribution in [0.5, 0.6) is 0 Å². The molecule has 0 aliphatic heterocycles. The van der Waals surface area contributed by atoms with Crippen LogP contribution in [0.1, 0.15) is 10.4 Å². The molecule has 88 valence electrons. The Labute approximate surface area is 101 Å². The van der Waals surface area contributed by atoms with Crippen molar-refractivity contribution in [1.29, 1.82) is 0 Å². The predicted octanol–water partition coefficient (Wildman–Crippen LogP) is 2.78. The van der Waals surface area contributed by atoms with Crippen LogP contribution < -0.4 is 0 Å². The molecule has 0 fully saturated rings. The number of aromatic nitrogens is 1. The number of benzene rings is 1. The van der Waals surface area contributed by atoms with E-state index in [0.29, 0.717) is 5.56 Å². The molecule has 0 radical (unpaired) electrons. The van der Waals surface area contributed by atoms with Crippen molar-refractivity contribution in [1.82, 2.24) is 4.98 Å². The molecular weight excluding hydrogens is 244 g/mol. The molecule has 2 aromatic rings. The van der Waals surface area contributed by atoms with Crippen LogP contribution in [0, 0.1) is 11.6 Å². The number of hydrogen-bond acceptors (Lipinski definition) is 3. The van der Waals surface area contributed by atoms with E-state index in [9.17, 15) is 13.6 Å². The van der Waals surface area contributed by atoms with Gasteiger partial charge in [0, 0.05) is 30.0 Å². The van der Waals surface area contributed by atoms with E-state index in [1.165, 1.54) is 23.5 Å². The minimum absolute atomic E-state index is 0.0343. The first-order valence-electron chi connectivity index (χ1n) is 4.97. The Morgan fingerprint density at radius 2 is 1.88 bits per heavy atom. The van der Waals surface area contributed by atoms with Crippen molar-refractivity contribution < 1.29 is 13.6 Å². The predicted molar refractivity (Wildman–Crippen MR) is 60.9 cm³/mol. The van der Waals surface area contributed by atoms with E-state index in [-0.39, 0.29) is 18.6 Å². The lowest BCUT2D eigenvalue weighted by molar-refractivity contribution is -0.117. The Morgan fingerprint density at radius 1 is 1.18 bits per heavy atom. The normalized spacial score (nSPS) is 10.5. The van der Waals surface area contributed by atoms with E-state index in [2.05, 4.69) is 4.98 Å². The lowest BCUT2D eigenvalue weighted by atomic mass is 10.1. The Bertz CT molecular complexity index is 505. The van der Waals surface area contributed by atoms with Gasteiger partial charge in [0.25, 0.3) is 0 Å². The molecule has 2 nitrogen and oxygen atoms in total. The maximum Gasteiger partial charge on any atom is 0.142 e. The van der Waals surface area contributed by atoms with Gasteiger partial charge in [0.1, 0.15) is 17.4 Å². The van der Waals surface area contributed by atoms with Crippen LogP contribution in [0.25, 0.3) is 0 Å². The summed E-state index contributed by atoms with van der Waals surface area (Å²) < 4.78 is 25.8. The van der Waals surface area contributed by atoms with Gasteiger partial charge in [-0.15, -0.1) is 11.3 Å². The summed E-state index contributed by atoms with van der Waals surface area (Å²) in [7, 11) is 0. The van der Waals surface area contributed by atoms with Gasteiger partial charge in [-0.25, -0.2) is 8.78 Å². The first kappa shape index (κ1) is 11.9. The highest BCUT2D eigenvalue weighted by Gasteiger charge is 2.08. The molecule has 0 saturated heterocycles. The molecule has 1 aromatic heterocycles. The minimum atomic E-state index is -0.661. The molecule has 0 atom stereocenters.